The average molecular weight is 444 g/mol. The Balaban J connectivity index is 1.49. The van der Waals surface area contributed by atoms with Crippen LogP contribution in [-0.2, 0) is 26.2 Å². The zero-order chi connectivity index (χ0) is 22.4. The Morgan fingerprint density at radius 3 is 2.35 bits per heavy atom. The minimum absolute atomic E-state index is 0.00336. The second kappa shape index (κ2) is 10.1. The molecule has 2 amide bonds. The molecule has 7 nitrogen and oxygen atoms in total. The number of amides is 2. The van der Waals surface area contributed by atoms with Gasteiger partial charge in [-0.1, -0.05) is 29.8 Å². The van der Waals surface area contributed by atoms with Gasteiger partial charge in [0, 0.05) is 38.7 Å². The van der Waals surface area contributed by atoms with Crippen LogP contribution in [0.1, 0.15) is 37.3 Å². The van der Waals surface area contributed by atoms with E-state index in [0.29, 0.717) is 44.6 Å². The van der Waals surface area contributed by atoms with E-state index in [1.807, 2.05) is 31.2 Å². The van der Waals surface area contributed by atoms with Crippen molar-refractivity contribution in [2.45, 2.75) is 44.6 Å². The lowest BCUT2D eigenvalue weighted by Gasteiger charge is -2.31. The number of piperidine rings is 1. The van der Waals surface area contributed by atoms with Crippen molar-refractivity contribution in [2.75, 3.05) is 18.4 Å². The predicted molar refractivity (Wildman–Crippen MR) is 120 cm³/mol. The molecule has 0 spiro atoms. The Morgan fingerprint density at radius 1 is 1.06 bits per heavy atom. The van der Waals surface area contributed by atoms with E-state index in [4.69, 9.17) is 0 Å². The van der Waals surface area contributed by atoms with Crippen molar-refractivity contribution >= 4 is 27.5 Å². The number of carbonyl (C=O) groups is 2. The number of anilines is 1. The zero-order valence-electron chi connectivity index (χ0n) is 17.9. The Bertz CT molecular complexity index is 1030. The molecule has 0 aromatic heterocycles. The monoisotopic (exact) mass is 443 g/mol. The molecule has 2 N–H and O–H groups in total. The summed E-state index contributed by atoms with van der Waals surface area (Å²) in [5.74, 6) is -0.0388. The largest absolute Gasteiger partial charge is 0.352 e. The number of nitrogens with one attached hydrogen (secondary N) is 2. The van der Waals surface area contributed by atoms with Crippen LogP contribution < -0.4 is 10.6 Å². The van der Waals surface area contributed by atoms with E-state index in [0.717, 1.165) is 11.1 Å². The molecule has 166 valence electrons. The Kier molecular flexibility index (Phi) is 7.46. The molecule has 1 aliphatic rings. The molecule has 0 aliphatic carbocycles. The molecule has 0 saturated carbocycles. The summed E-state index contributed by atoms with van der Waals surface area (Å²) in [5, 5.41) is 5.58. The van der Waals surface area contributed by atoms with Crippen molar-refractivity contribution in [1.82, 2.24) is 9.62 Å². The highest BCUT2D eigenvalue weighted by molar-refractivity contribution is 7.89. The number of carbonyl (C=O) groups excluding carboxylic acids is 2. The molecule has 0 bridgehead atoms. The maximum absolute atomic E-state index is 12.9. The van der Waals surface area contributed by atoms with Gasteiger partial charge in [0.1, 0.15) is 0 Å². The van der Waals surface area contributed by atoms with Gasteiger partial charge in [-0.3, -0.25) is 9.59 Å². The quantitative estimate of drug-likeness (QED) is 0.688. The SMILES string of the molecule is CC(=O)Nc1ccc(S(=O)(=O)N2CCC(CC(=O)NCc3cccc(C)c3)CC2)cc1. The number of rotatable bonds is 7. The van der Waals surface area contributed by atoms with Gasteiger partial charge in [0.25, 0.3) is 0 Å². The van der Waals surface area contributed by atoms with Gasteiger partial charge in [-0.25, -0.2) is 8.42 Å². The van der Waals surface area contributed by atoms with Crippen LogP contribution in [0.2, 0.25) is 0 Å². The molecule has 3 rings (SSSR count). The van der Waals surface area contributed by atoms with E-state index in [-0.39, 0.29) is 22.6 Å². The normalized spacial score (nSPS) is 15.4. The summed E-state index contributed by atoms with van der Waals surface area (Å²) in [7, 11) is -3.59. The molecule has 1 saturated heterocycles. The molecule has 1 fully saturated rings. The highest BCUT2D eigenvalue weighted by Gasteiger charge is 2.30. The molecule has 0 radical (unpaired) electrons. The Labute approximate surface area is 183 Å². The maximum atomic E-state index is 12.9. The van der Waals surface area contributed by atoms with Gasteiger partial charge < -0.3 is 10.6 Å². The minimum atomic E-state index is -3.59. The summed E-state index contributed by atoms with van der Waals surface area (Å²) < 4.78 is 27.3. The van der Waals surface area contributed by atoms with Crippen molar-refractivity contribution in [3.05, 3.63) is 59.7 Å². The van der Waals surface area contributed by atoms with Crippen molar-refractivity contribution in [3.63, 3.8) is 0 Å². The molecule has 31 heavy (non-hydrogen) atoms. The lowest BCUT2D eigenvalue weighted by molar-refractivity contribution is -0.122. The smallest absolute Gasteiger partial charge is 0.243 e. The molecule has 2 aromatic carbocycles. The Hall–Kier alpha value is -2.71. The summed E-state index contributed by atoms with van der Waals surface area (Å²) in [6.07, 6.45) is 1.72. The third kappa shape index (κ3) is 6.38. The minimum Gasteiger partial charge on any atom is -0.352 e. The first-order valence-corrected chi connectivity index (χ1v) is 11.9. The van der Waals surface area contributed by atoms with E-state index >= 15 is 0 Å². The van der Waals surface area contributed by atoms with Gasteiger partial charge in [0.2, 0.25) is 21.8 Å². The van der Waals surface area contributed by atoms with Crippen LogP contribution in [0.5, 0.6) is 0 Å². The van der Waals surface area contributed by atoms with Gasteiger partial charge in [-0.2, -0.15) is 4.31 Å². The molecule has 1 heterocycles. The van der Waals surface area contributed by atoms with Crippen molar-refractivity contribution in [2.24, 2.45) is 5.92 Å². The summed E-state index contributed by atoms with van der Waals surface area (Å²) in [5.41, 5.74) is 2.78. The molecular weight excluding hydrogens is 414 g/mol. The van der Waals surface area contributed by atoms with Crippen LogP contribution in [0.4, 0.5) is 5.69 Å². The van der Waals surface area contributed by atoms with E-state index < -0.39 is 10.0 Å². The lowest BCUT2D eigenvalue weighted by Crippen LogP contribution is -2.39. The first-order chi connectivity index (χ1) is 14.7. The second-order valence-electron chi connectivity index (χ2n) is 8.02. The summed E-state index contributed by atoms with van der Waals surface area (Å²) >= 11 is 0. The number of sulfonamides is 1. The standard InChI is InChI=1S/C23H29N3O4S/c1-17-4-3-5-20(14-17)16-24-23(28)15-19-10-12-26(13-11-19)31(29,30)22-8-6-21(7-9-22)25-18(2)27/h3-9,14,19H,10-13,15-16H2,1-2H3,(H,24,28)(H,25,27). The summed E-state index contributed by atoms with van der Waals surface area (Å²) in [6, 6.07) is 14.2. The van der Waals surface area contributed by atoms with Gasteiger partial charge in [-0.15, -0.1) is 0 Å². The Morgan fingerprint density at radius 2 is 1.74 bits per heavy atom. The third-order valence-corrected chi connectivity index (χ3v) is 7.35. The maximum Gasteiger partial charge on any atom is 0.243 e. The number of benzene rings is 2. The van der Waals surface area contributed by atoms with Crippen LogP contribution in [-0.4, -0.2) is 37.6 Å². The molecule has 2 aromatic rings. The van der Waals surface area contributed by atoms with Crippen molar-refractivity contribution in [3.8, 4) is 0 Å². The van der Waals surface area contributed by atoms with Crippen LogP contribution in [0.15, 0.2) is 53.4 Å². The van der Waals surface area contributed by atoms with Gasteiger partial charge >= 0.3 is 0 Å². The fourth-order valence-electron chi connectivity index (χ4n) is 3.77. The first-order valence-electron chi connectivity index (χ1n) is 10.4. The molecular formula is C23H29N3O4S. The number of nitrogens with zero attached hydrogens (tertiary/aromatic N) is 1. The average Bonchev–Trinajstić information content (AvgIpc) is 2.73. The van der Waals surface area contributed by atoms with Gasteiger partial charge in [0.15, 0.2) is 0 Å². The topological polar surface area (TPSA) is 95.6 Å². The van der Waals surface area contributed by atoms with Crippen LogP contribution in [0.25, 0.3) is 0 Å². The van der Waals surface area contributed by atoms with E-state index in [2.05, 4.69) is 10.6 Å². The number of hydrogen-bond acceptors (Lipinski definition) is 4. The summed E-state index contributed by atoms with van der Waals surface area (Å²) in [6.45, 7) is 4.71. The number of hydrogen-bond donors (Lipinski definition) is 2. The highest BCUT2D eigenvalue weighted by Crippen LogP contribution is 2.26. The van der Waals surface area contributed by atoms with Crippen molar-refractivity contribution < 1.29 is 18.0 Å². The number of aryl methyl sites for hydroxylation is 1. The predicted octanol–water partition coefficient (Wildman–Crippen LogP) is 3.06. The van der Waals surface area contributed by atoms with E-state index in [9.17, 15) is 18.0 Å². The fourth-order valence-corrected chi connectivity index (χ4v) is 5.24. The van der Waals surface area contributed by atoms with Gasteiger partial charge in [0.05, 0.1) is 4.90 Å². The van der Waals surface area contributed by atoms with E-state index in [1.165, 1.54) is 23.4 Å². The molecule has 1 aliphatic heterocycles. The zero-order valence-corrected chi connectivity index (χ0v) is 18.7. The van der Waals surface area contributed by atoms with Crippen LogP contribution in [0, 0.1) is 12.8 Å². The van der Waals surface area contributed by atoms with Gasteiger partial charge in [-0.05, 0) is 55.5 Å². The molecule has 0 unspecified atom stereocenters. The second-order valence-corrected chi connectivity index (χ2v) is 9.96. The first kappa shape index (κ1) is 23.0. The summed E-state index contributed by atoms with van der Waals surface area (Å²) in [4.78, 5) is 23.6. The molecule has 8 heteroatoms. The lowest BCUT2D eigenvalue weighted by atomic mass is 9.94. The van der Waals surface area contributed by atoms with Crippen LogP contribution in [0.3, 0.4) is 0 Å². The fraction of sp³-hybridized carbons (Fsp3) is 0.391. The van der Waals surface area contributed by atoms with E-state index in [1.54, 1.807) is 12.1 Å². The third-order valence-electron chi connectivity index (χ3n) is 5.43. The molecule has 0 atom stereocenters. The van der Waals surface area contributed by atoms with Crippen LogP contribution >= 0.6 is 0 Å². The highest BCUT2D eigenvalue weighted by atomic mass is 32.2. The van der Waals surface area contributed by atoms with Crippen molar-refractivity contribution in [1.29, 1.82) is 0 Å².